The van der Waals surface area contributed by atoms with E-state index in [-0.39, 0.29) is 43.5 Å². The number of pyridine rings is 1. The molecular weight excluding hydrogens is 759 g/mol. The van der Waals surface area contributed by atoms with Crippen LogP contribution in [0, 0.1) is 17.8 Å². The van der Waals surface area contributed by atoms with Crippen LogP contribution in [0.3, 0.4) is 0 Å². The molecule has 3 saturated carbocycles. The van der Waals surface area contributed by atoms with E-state index >= 15 is 4.79 Å². The Morgan fingerprint density at radius 2 is 1.72 bits per heavy atom. The lowest BCUT2D eigenvalue weighted by Gasteiger charge is -2.33. The molecule has 5 fully saturated rings. The van der Waals surface area contributed by atoms with Crippen molar-refractivity contribution in [3.63, 3.8) is 0 Å². The molecule has 58 heavy (non-hydrogen) atoms. The Morgan fingerprint density at radius 3 is 2.40 bits per heavy atom. The Labute approximate surface area is 340 Å². The number of sulfonamides is 1. The van der Waals surface area contributed by atoms with Crippen LogP contribution in [0.4, 0.5) is 0 Å². The van der Waals surface area contributed by atoms with Gasteiger partial charge in [0.2, 0.25) is 27.7 Å². The number of piperidine rings is 1. The van der Waals surface area contributed by atoms with Gasteiger partial charge >= 0.3 is 0 Å². The minimum atomic E-state index is -3.89. The van der Waals surface area contributed by atoms with Crippen LogP contribution in [-0.2, 0) is 29.2 Å². The minimum absolute atomic E-state index is 0.00389. The van der Waals surface area contributed by atoms with Crippen molar-refractivity contribution in [1.29, 1.82) is 0 Å². The number of aromatic nitrogens is 1. The van der Waals surface area contributed by atoms with Gasteiger partial charge in [0, 0.05) is 60.8 Å². The van der Waals surface area contributed by atoms with Gasteiger partial charge in [-0.3, -0.25) is 23.9 Å². The van der Waals surface area contributed by atoms with Crippen molar-refractivity contribution in [3.05, 3.63) is 67.3 Å². The van der Waals surface area contributed by atoms with Gasteiger partial charge in [-0.25, -0.2) is 13.4 Å². The van der Waals surface area contributed by atoms with Gasteiger partial charge in [-0.15, -0.1) is 6.58 Å². The quantitative estimate of drug-likeness (QED) is 0.210. The first kappa shape index (κ1) is 39.8. The smallest absolute Gasteiger partial charge is 0.259 e. The third-order valence-electron chi connectivity index (χ3n) is 12.8. The van der Waals surface area contributed by atoms with Crippen molar-refractivity contribution in [1.82, 2.24) is 24.8 Å². The van der Waals surface area contributed by atoms with Crippen LogP contribution in [0.5, 0.6) is 11.5 Å². The molecule has 0 radical (unpaired) electrons. The maximum Gasteiger partial charge on any atom is 0.259 e. The van der Waals surface area contributed by atoms with E-state index in [1.54, 1.807) is 18.1 Å². The molecule has 3 heterocycles. The maximum absolute atomic E-state index is 15.0. The van der Waals surface area contributed by atoms with Crippen molar-refractivity contribution in [2.75, 3.05) is 26.7 Å². The number of hydrogen-bond donors (Lipinski definition) is 2. The highest BCUT2D eigenvalue weighted by Gasteiger charge is 2.62. The Hall–Kier alpha value is -4.98. The van der Waals surface area contributed by atoms with Crippen LogP contribution in [-0.4, -0.2) is 96.5 Å². The highest BCUT2D eigenvalue weighted by atomic mass is 32.2. The van der Waals surface area contributed by atoms with Crippen LogP contribution >= 0.6 is 0 Å². The summed E-state index contributed by atoms with van der Waals surface area (Å²) >= 11 is 0. The summed E-state index contributed by atoms with van der Waals surface area (Å²) in [5.74, 6) is -1.66. The van der Waals surface area contributed by atoms with Crippen molar-refractivity contribution in [2.45, 2.75) is 100.0 Å². The monoisotopic (exact) mass is 811 g/mol. The van der Waals surface area contributed by atoms with E-state index in [1.807, 2.05) is 59.5 Å². The first-order valence-electron chi connectivity index (χ1n) is 20.8. The fourth-order valence-corrected chi connectivity index (χ4v) is 10.6. The van der Waals surface area contributed by atoms with Gasteiger partial charge in [-0.05, 0) is 69.4 Å². The van der Waals surface area contributed by atoms with Gasteiger partial charge < -0.3 is 24.6 Å². The maximum atomic E-state index is 15.0. The van der Waals surface area contributed by atoms with Crippen LogP contribution < -0.4 is 19.5 Å². The normalized spacial score (nSPS) is 25.2. The summed E-state index contributed by atoms with van der Waals surface area (Å²) in [4.78, 5) is 65.4. The van der Waals surface area contributed by atoms with Gasteiger partial charge in [-0.1, -0.05) is 49.2 Å². The van der Waals surface area contributed by atoms with Crippen LogP contribution in [0.15, 0.2) is 67.3 Å². The fourth-order valence-electron chi connectivity index (χ4n) is 9.22. The largest absolute Gasteiger partial charge is 0.497 e. The molecule has 5 atom stereocenters. The number of amides is 4. The molecule has 0 bridgehead atoms. The second-order valence-electron chi connectivity index (χ2n) is 16.7. The number of likely N-dealkylation sites (tertiary alicyclic amines) is 2. The number of hydrogen-bond acceptors (Lipinski definition) is 9. The van der Waals surface area contributed by atoms with Crippen molar-refractivity contribution in [2.24, 2.45) is 17.8 Å². The molecule has 2 saturated heterocycles. The summed E-state index contributed by atoms with van der Waals surface area (Å²) in [5.41, 5.74) is 0.678. The zero-order valence-electron chi connectivity index (χ0n) is 33.1. The highest BCUT2D eigenvalue weighted by Crippen LogP contribution is 2.46. The standard InChI is InChI=1S/C44H53N5O8S/c1-3-30-26-44(30,43(53)47-58(54,55)33-17-18-33)46-41(51)38-23-32(27-49(38)42(52)35(28-12-8-9-13-28)24-40(50)48-20-10-5-11-21-48)57-39-25-36(29-14-6-4-7-15-29)45-37-22-31(56-2)16-19-34(37)39/h3-4,6-7,14-16,19,22,25,28,30,32-33,35,38H,1,5,8-13,17-18,20-21,23-24,26-27H2,2H3,(H,46,51)(H,47,53)/t30?,32-,35+,38+,44-/m1/s1. The topological polar surface area (TPSA) is 164 Å². The number of nitrogens with one attached hydrogen (secondary N) is 2. The first-order chi connectivity index (χ1) is 28.0. The van der Waals surface area contributed by atoms with E-state index in [0.29, 0.717) is 48.6 Å². The Balaban J connectivity index is 1.11. The highest BCUT2D eigenvalue weighted by molar-refractivity contribution is 7.91. The number of rotatable bonds is 14. The van der Waals surface area contributed by atoms with Crippen LogP contribution in [0.25, 0.3) is 22.2 Å². The molecule has 8 rings (SSSR count). The summed E-state index contributed by atoms with van der Waals surface area (Å²) in [5, 5.41) is 3.00. The summed E-state index contributed by atoms with van der Waals surface area (Å²) in [6.07, 6.45) is 8.73. The molecule has 0 spiro atoms. The summed E-state index contributed by atoms with van der Waals surface area (Å²) in [6.45, 7) is 5.26. The molecule has 1 unspecified atom stereocenters. The summed E-state index contributed by atoms with van der Waals surface area (Å²) in [6, 6.07) is 16.0. The fraction of sp³-hybridized carbons (Fsp3) is 0.523. The first-order valence-corrected chi connectivity index (χ1v) is 22.3. The number of methoxy groups -OCH3 is 1. The predicted molar refractivity (Wildman–Crippen MR) is 218 cm³/mol. The lowest BCUT2D eigenvalue weighted by Crippen LogP contribution is -2.57. The third kappa shape index (κ3) is 8.17. The molecule has 3 aliphatic carbocycles. The van der Waals surface area contributed by atoms with Crippen LogP contribution in [0.1, 0.15) is 77.0 Å². The number of carbonyl (C=O) groups is 4. The van der Waals surface area contributed by atoms with Crippen molar-refractivity contribution < 1.29 is 37.1 Å². The van der Waals surface area contributed by atoms with Gasteiger partial charge in [-0.2, -0.15) is 0 Å². The number of fused-ring (bicyclic) bond motifs is 1. The van der Waals surface area contributed by atoms with Crippen molar-refractivity contribution in [3.8, 4) is 22.8 Å². The molecule has 13 nitrogen and oxygen atoms in total. The molecular formula is C44H53N5O8S. The van der Waals surface area contributed by atoms with Gasteiger partial charge in [0.25, 0.3) is 5.91 Å². The second-order valence-corrected chi connectivity index (χ2v) is 18.7. The Kier molecular flexibility index (Phi) is 11.2. The lowest BCUT2D eigenvalue weighted by molar-refractivity contribution is -0.147. The molecule has 3 aromatic rings. The summed E-state index contributed by atoms with van der Waals surface area (Å²) < 4.78 is 40.2. The molecule has 2 aromatic carbocycles. The summed E-state index contributed by atoms with van der Waals surface area (Å²) in [7, 11) is -2.30. The zero-order chi connectivity index (χ0) is 40.6. The van der Waals surface area contributed by atoms with E-state index in [0.717, 1.165) is 55.9 Å². The average Bonchev–Trinajstić information content (AvgIpc) is 4.12. The van der Waals surface area contributed by atoms with Gasteiger partial charge in [0.15, 0.2) is 0 Å². The molecule has 5 aliphatic rings. The zero-order valence-corrected chi connectivity index (χ0v) is 33.9. The number of benzene rings is 2. The molecule has 4 amide bonds. The molecule has 2 N–H and O–H groups in total. The van der Waals surface area contributed by atoms with E-state index in [4.69, 9.17) is 14.5 Å². The van der Waals surface area contributed by atoms with Crippen molar-refractivity contribution >= 4 is 44.6 Å². The molecule has 1 aromatic heterocycles. The minimum Gasteiger partial charge on any atom is -0.497 e. The van der Waals surface area contributed by atoms with E-state index in [2.05, 4.69) is 16.6 Å². The predicted octanol–water partition coefficient (Wildman–Crippen LogP) is 5.14. The Morgan fingerprint density at radius 1 is 0.983 bits per heavy atom. The molecule has 308 valence electrons. The third-order valence-corrected chi connectivity index (χ3v) is 14.6. The van der Waals surface area contributed by atoms with E-state index in [1.165, 1.54) is 0 Å². The number of ether oxygens (including phenoxy) is 2. The van der Waals surface area contributed by atoms with E-state index < -0.39 is 56.6 Å². The SMILES string of the molecule is C=CC1C[C@]1(NC(=O)[C@@H]1C[C@@H](Oc2cc(-c3ccccc3)nc3cc(OC)ccc23)CN1C(=O)[C@@H](CC(=O)N1CCCCC1)C1CCCC1)C(=O)NS(=O)(=O)C1CC1. The van der Waals surface area contributed by atoms with Gasteiger partial charge in [0.05, 0.1) is 30.1 Å². The van der Waals surface area contributed by atoms with Gasteiger partial charge in [0.1, 0.15) is 29.2 Å². The lowest BCUT2D eigenvalue weighted by atomic mass is 9.86. The Bertz CT molecular complexity index is 2180. The van der Waals surface area contributed by atoms with Crippen LogP contribution in [0.2, 0.25) is 0 Å². The second kappa shape index (κ2) is 16.3. The molecule has 2 aliphatic heterocycles. The number of nitrogens with zero attached hydrogens (tertiary/aromatic N) is 3. The number of carbonyl (C=O) groups excluding carboxylic acids is 4. The van der Waals surface area contributed by atoms with E-state index in [9.17, 15) is 22.8 Å². The average molecular weight is 812 g/mol. The molecule has 14 heteroatoms.